The molecule has 11 nitrogen and oxygen atoms in total. The Balaban J connectivity index is 1.88. The molecule has 0 spiro atoms. The van der Waals surface area contributed by atoms with Crippen LogP contribution in [0.3, 0.4) is 0 Å². The number of nitrogens with one attached hydrogen (secondary N) is 1. The second-order valence-electron chi connectivity index (χ2n) is 9.74. The lowest BCUT2D eigenvalue weighted by Crippen LogP contribution is -2.61. The number of nitrogens with zero attached hydrogens (tertiary/aromatic N) is 1. The van der Waals surface area contributed by atoms with E-state index in [1.165, 1.54) is 6.92 Å². The van der Waals surface area contributed by atoms with Gasteiger partial charge in [0.25, 0.3) is 5.91 Å². The molecule has 0 bridgehead atoms. The smallest absolute Gasteiger partial charge is 0.255 e. The van der Waals surface area contributed by atoms with Gasteiger partial charge in [-0.05, 0) is 32.9 Å². The van der Waals surface area contributed by atoms with Gasteiger partial charge in [-0.25, -0.2) is 4.39 Å². The molecule has 0 unspecified atom stereocenters. The first-order chi connectivity index (χ1) is 16.7. The van der Waals surface area contributed by atoms with E-state index in [1.807, 2.05) is 0 Å². The molecule has 36 heavy (non-hydrogen) atoms. The Labute approximate surface area is 204 Å². The average molecular weight is 503 g/mol. The van der Waals surface area contributed by atoms with Crippen molar-refractivity contribution >= 4 is 34.8 Å². The quantitative estimate of drug-likeness (QED) is 0.248. The fourth-order valence-corrected chi connectivity index (χ4v) is 5.53. The highest BCUT2D eigenvalue weighted by Crippen LogP contribution is 2.54. The third-order valence-electron chi connectivity index (χ3n) is 7.21. The molecule has 4 atom stereocenters. The fraction of sp³-hybridized carbons (Fsp3) is 0.417. The summed E-state index contributed by atoms with van der Waals surface area (Å²) in [5.74, 6) is -10.6. The molecule has 2 amide bonds. The number of benzene rings is 1. The number of carbonyl (C=O) groups excluding carboxylic acids is 4. The van der Waals surface area contributed by atoms with Crippen molar-refractivity contribution in [3.05, 3.63) is 39.9 Å². The van der Waals surface area contributed by atoms with Gasteiger partial charge in [0.05, 0.1) is 17.8 Å². The first-order valence-corrected chi connectivity index (χ1v) is 11.2. The Morgan fingerprint density at radius 1 is 1.25 bits per heavy atom. The van der Waals surface area contributed by atoms with Crippen molar-refractivity contribution in [1.82, 2.24) is 4.90 Å². The van der Waals surface area contributed by atoms with Gasteiger partial charge in [0, 0.05) is 29.0 Å². The van der Waals surface area contributed by atoms with E-state index in [2.05, 4.69) is 5.32 Å². The van der Waals surface area contributed by atoms with E-state index < -0.39 is 86.5 Å². The topological polar surface area (TPSA) is 190 Å². The summed E-state index contributed by atoms with van der Waals surface area (Å²) in [6.45, 7) is 1.30. The molecule has 192 valence electrons. The van der Waals surface area contributed by atoms with E-state index >= 15 is 4.39 Å². The van der Waals surface area contributed by atoms with Gasteiger partial charge < -0.3 is 36.4 Å². The summed E-state index contributed by atoms with van der Waals surface area (Å²) in [6, 6.07) is 0.904. The van der Waals surface area contributed by atoms with Crippen LogP contribution in [0.1, 0.15) is 24.5 Å². The number of fused-ring (bicyclic) bond motifs is 3. The highest BCUT2D eigenvalue weighted by molar-refractivity contribution is 6.23. The number of ketones is 2. The van der Waals surface area contributed by atoms with Gasteiger partial charge in [0.2, 0.25) is 11.7 Å². The second kappa shape index (κ2) is 8.42. The normalized spacial score (nSPS) is 27.6. The number of amides is 2. The molecule has 0 aromatic heterocycles. The lowest BCUT2D eigenvalue weighted by atomic mass is 9.56. The van der Waals surface area contributed by atoms with Crippen LogP contribution in [0.15, 0.2) is 23.0 Å². The number of Topliss-reactive ketones (excluding diaryl/α,β-unsaturated/α-hetero) is 2. The Morgan fingerprint density at radius 2 is 1.89 bits per heavy atom. The number of anilines is 1. The first kappa shape index (κ1) is 25.3. The van der Waals surface area contributed by atoms with Gasteiger partial charge in [-0.1, -0.05) is 6.92 Å². The maximum Gasteiger partial charge on any atom is 0.255 e. The standard InChI is InChI=1S/C24H26FN3O8/c1-8-11-5-9-4-10-12(25)6-13(27-14(29)7-28(2)3)19(31)16(10)20(32)15(9)21(33)24(11,36)22(34)17(18(8)30)23(26)35/h6,8-9,11,31-32,34,36H,4-5,7H2,1-3H3,(H2,26,35)(H,27,29)/t8-,9+,11+,24+/m1/s1. The van der Waals surface area contributed by atoms with Gasteiger partial charge in [-0.15, -0.1) is 0 Å². The molecule has 0 aliphatic heterocycles. The zero-order chi connectivity index (χ0) is 26.9. The summed E-state index contributed by atoms with van der Waals surface area (Å²) in [4.78, 5) is 51.7. The molecular formula is C24H26FN3O8. The predicted octanol–water partition coefficient (Wildman–Crippen LogP) is 0.309. The third kappa shape index (κ3) is 3.47. The molecule has 1 aromatic carbocycles. The van der Waals surface area contributed by atoms with Gasteiger partial charge in [0.15, 0.2) is 17.1 Å². The number of aromatic hydroxyl groups is 1. The Morgan fingerprint density at radius 3 is 2.47 bits per heavy atom. The summed E-state index contributed by atoms with van der Waals surface area (Å²) in [5, 5.41) is 46.2. The van der Waals surface area contributed by atoms with Crippen molar-refractivity contribution in [2.24, 2.45) is 23.5 Å². The minimum absolute atomic E-state index is 0.0785. The molecule has 1 fully saturated rings. The van der Waals surface area contributed by atoms with Crippen LogP contribution in [-0.2, 0) is 25.6 Å². The van der Waals surface area contributed by atoms with E-state index in [4.69, 9.17) is 5.73 Å². The second-order valence-corrected chi connectivity index (χ2v) is 9.74. The number of phenols is 1. The van der Waals surface area contributed by atoms with E-state index in [0.717, 1.165) is 6.07 Å². The summed E-state index contributed by atoms with van der Waals surface area (Å²) in [5.41, 5.74) is 0.290. The van der Waals surface area contributed by atoms with Crippen LogP contribution in [0.5, 0.6) is 5.75 Å². The van der Waals surface area contributed by atoms with Gasteiger partial charge >= 0.3 is 0 Å². The van der Waals surface area contributed by atoms with Crippen LogP contribution in [-0.4, -0.2) is 74.9 Å². The lowest BCUT2D eigenvalue weighted by molar-refractivity contribution is -0.152. The Bertz CT molecular complexity index is 1300. The molecule has 0 heterocycles. The number of likely N-dealkylation sites (N-methyl/N-ethyl adjacent to an activating group) is 1. The number of hydrogen-bond donors (Lipinski definition) is 6. The van der Waals surface area contributed by atoms with Gasteiger partial charge in [0.1, 0.15) is 22.9 Å². The van der Waals surface area contributed by atoms with E-state index in [1.54, 1.807) is 19.0 Å². The molecular weight excluding hydrogens is 477 g/mol. The van der Waals surface area contributed by atoms with Gasteiger partial charge in [-0.2, -0.15) is 0 Å². The molecule has 3 aliphatic carbocycles. The fourth-order valence-electron chi connectivity index (χ4n) is 5.53. The van der Waals surface area contributed by atoms with Gasteiger partial charge in [-0.3, -0.25) is 19.2 Å². The number of aliphatic hydroxyl groups excluding tert-OH is 2. The molecule has 4 rings (SSSR count). The van der Waals surface area contributed by atoms with Crippen LogP contribution in [0, 0.1) is 23.6 Å². The van der Waals surface area contributed by atoms with Crippen molar-refractivity contribution in [3.63, 3.8) is 0 Å². The number of hydrogen-bond acceptors (Lipinski definition) is 9. The number of carbonyl (C=O) groups is 4. The highest BCUT2D eigenvalue weighted by atomic mass is 19.1. The van der Waals surface area contributed by atoms with Crippen LogP contribution in [0.4, 0.5) is 10.1 Å². The summed E-state index contributed by atoms with van der Waals surface area (Å²) >= 11 is 0. The zero-order valence-electron chi connectivity index (χ0n) is 19.8. The highest BCUT2D eigenvalue weighted by Gasteiger charge is 2.62. The van der Waals surface area contributed by atoms with Crippen LogP contribution < -0.4 is 11.1 Å². The molecule has 1 saturated carbocycles. The van der Waals surface area contributed by atoms with Crippen LogP contribution in [0.2, 0.25) is 0 Å². The molecule has 0 radical (unpaired) electrons. The summed E-state index contributed by atoms with van der Waals surface area (Å²) in [7, 11) is 3.26. The first-order valence-electron chi connectivity index (χ1n) is 11.2. The number of halogens is 1. The van der Waals surface area contributed by atoms with Crippen molar-refractivity contribution in [2.75, 3.05) is 26.0 Å². The molecule has 0 saturated heterocycles. The number of primary amides is 1. The minimum Gasteiger partial charge on any atom is -0.508 e. The molecule has 12 heteroatoms. The largest absolute Gasteiger partial charge is 0.508 e. The maximum absolute atomic E-state index is 15.1. The zero-order valence-corrected chi connectivity index (χ0v) is 19.8. The summed E-state index contributed by atoms with van der Waals surface area (Å²) < 4.78 is 15.1. The Kier molecular flexibility index (Phi) is 5.92. The van der Waals surface area contributed by atoms with Crippen molar-refractivity contribution in [2.45, 2.75) is 25.4 Å². The minimum atomic E-state index is -2.74. The number of nitrogens with two attached hydrogens (primary N) is 1. The van der Waals surface area contributed by atoms with Crippen LogP contribution in [0.25, 0.3) is 5.76 Å². The lowest BCUT2D eigenvalue weighted by Gasteiger charge is -2.48. The van der Waals surface area contributed by atoms with Crippen molar-refractivity contribution in [3.8, 4) is 5.75 Å². The van der Waals surface area contributed by atoms with Crippen molar-refractivity contribution in [1.29, 1.82) is 0 Å². The average Bonchev–Trinajstić information content (AvgIpc) is 2.77. The van der Waals surface area contributed by atoms with E-state index in [9.17, 15) is 39.6 Å². The number of aliphatic hydroxyl groups is 3. The van der Waals surface area contributed by atoms with E-state index in [-0.39, 0.29) is 30.6 Å². The van der Waals surface area contributed by atoms with E-state index in [0.29, 0.717) is 0 Å². The molecule has 7 N–H and O–H groups in total. The SMILES string of the molecule is C[C@H]1C(=O)C(C(N)=O)=C(O)[C@@]2(O)C(=O)C3=C(O)c4c(O)c(NC(=O)CN(C)C)cc(F)c4C[C@H]3C[C@@H]12. The molecule has 3 aliphatic rings. The third-order valence-corrected chi connectivity index (χ3v) is 7.21. The Hall–Kier alpha value is -3.77. The van der Waals surface area contributed by atoms with Crippen molar-refractivity contribution < 1.29 is 44.0 Å². The number of phenolic OH excluding ortho intramolecular Hbond substituents is 1. The molecule has 1 aromatic rings. The predicted molar refractivity (Wildman–Crippen MR) is 123 cm³/mol. The monoisotopic (exact) mass is 503 g/mol. The number of rotatable bonds is 4. The summed E-state index contributed by atoms with van der Waals surface area (Å²) in [6.07, 6.45) is -0.294. The maximum atomic E-state index is 15.1. The van der Waals surface area contributed by atoms with Crippen LogP contribution >= 0.6 is 0 Å².